The van der Waals surface area contributed by atoms with E-state index >= 15 is 0 Å². The fraction of sp³-hybridized carbons (Fsp3) is 0.308. The second-order valence-electron chi connectivity index (χ2n) is 3.87. The van der Waals surface area contributed by atoms with Crippen LogP contribution >= 0.6 is 0 Å². The van der Waals surface area contributed by atoms with Gasteiger partial charge in [-0.25, -0.2) is 0 Å². The molecule has 0 saturated heterocycles. The van der Waals surface area contributed by atoms with Gasteiger partial charge in [0.15, 0.2) is 11.5 Å². The van der Waals surface area contributed by atoms with Gasteiger partial charge in [-0.05, 0) is 47.8 Å². The number of nitrogens with zero attached hydrogens (tertiary/aromatic N) is 1. The first-order valence-electron chi connectivity index (χ1n) is 5.41. The van der Waals surface area contributed by atoms with Gasteiger partial charge in [0, 0.05) is 0 Å². The zero-order valence-electron chi connectivity index (χ0n) is 9.93. The molecule has 0 aliphatic heterocycles. The second kappa shape index (κ2) is 4.91. The summed E-state index contributed by atoms with van der Waals surface area (Å²) in [6, 6.07) is 3.94. The first-order valence-corrected chi connectivity index (χ1v) is 5.41. The standard InChI is InChI=1S/C13H15NO3/c1-16-12-6-10-4-3-9(8-14-15)5-11(10)7-13(12)17-2/h5-8,15H,3-4H2,1-2H3/b14-8-. The zero-order chi connectivity index (χ0) is 12.3. The fourth-order valence-electron chi connectivity index (χ4n) is 2.01. The number of benzene rings is 1. The first-order chi connectivity index (χ1) is 8.28. The summed E-state index contributed by atoms with van der Waals surface area (Å²) >= 11 is 0. The van der Waals surface area contributed by atoms with Crippen LogP contribution in [0.3, 0.4) is 0 Å². The van der Waals surface area contributed by atoms with Crippen molar-refractivity contribution in [2.24, 2.45) is 5.16 Å². The van der Waals surface area contributed by atoms with Crippen LogP contribution in [-0.4, -0.2) is 25.6 Å². The number of hydrogen-bond acceptors (Lipinski definition) is 4. The molecule has 17 heavy (non-hydrogen) atoms. The Morgan fingerprint density at radius 2 is 1.88 bits per heavy atom. The Balaban J connectivity index is 2.45. The molecule has 0 saturated carbocycles. The predicted molar refractivity (Wildman–Crippen MR) is 66.1 cm³/mol. The average Bonchev–Trinajstić information content (AvgIpc) is 2.37. The van der Waals surface area contributed by atoms with Crippen molar-refractivity contribution in [2.45, 2.75) is 12.8 Å². The monoisotopic (exact) mass is 233 g/mol. The van der Waals surface area contributed by atoms with Gasteiger partial charge in [0.05, 0.1) is 20.4 Å². The summed E-state index contributed by atoms with van der Waals surface area (Å²) in [5, 5.41) is 11.6. The van der Waals surface area contributed by atoms with Gasteiger partial charge in [0.2, 0.25) is 0 Å². The lowest BCUT2D eigenvalue weighted by atomic mass is 9.92. The predicted octanol–water partition coefficient (Wildman–Crippen LogP) is 2.49. The third kappa shape index (κ3) is 2.25. The number of oxime groups is 1. The summed E-state index contributed by atoms with van der Waals surface area (Å²) < 4.78 is 10.5. The van der Waals surface area contributed by atoms with E-state index in [4.69, 9.17) is 14.7 Å². The van der Waals surface area contributed by atoms with Crippen LogP contribution in [0.2, 0.25) is 0 Å². The van der Waals surface area contributed by atoms with E-state index in [1.165, 1.54) is 11.8 Å². The van der Waals surface area contributed by atoms with Crippen LogP contribution in [0.15, 0.2) is 22.9 Å². The molecule has 0 heterocycles. The van der Waals surface area contributed by atoms with Crippen LogP contribution in [0.5, 0.6) is 11.5 Å². The Morgan fingerprint density at radius 3 is 2.53 bits per heavy atom. The van der Waals surface area contributed by atoms with Gasteiger partial charge in [-0.1, -0.05) is 5.16 Å². The van der Waals surface area contributed by atoms with Crippen molar-refractivity contribution < 1.29 is 14.7 Å². The Labute approximate surface area is 100 Å². The topological polar surface area (TPSA) is 51.0 Å². The Bertz CT molecular complexity index is 478. The van der Waals surface area contributed by atoms with Crippen molar-refractivity contribution in [3.05, 3.63) is 28.8 Å². The van der Waals surface area contributed by atoms with Crippen molar-refractivity contribution in [1.29, 1.82) is 0 Å². The van der Waals surface area contributed by atoms with E-state index in [9.17, 15) is 0 Å². The van der Waals surface area contributed by atoms with Gasteiger partial charge >= 0.3 is 0 Å². The molecule has 0 atom stereocenters. The molecule has 0 fully saturated rings. The van der Waals surface area contributed by atoms with Crippen molar-refractivity contribution >= 4 is 12.3 Å². The smallest absolute Gasteiger partial charge is 0.161 e. The molecule has 4 heteroatoms. The van der Waals surface area contributed by atoms with E-state index in [0.29, 0.717) is 5.75 Å². The van der Waals surface area contributed by atoms with Crippen LogP contribution in [-0.2, 0) is 6.42 Å². The lowest BCUT2D eigenvalue weighted by molar-refractivity contribution is 0.321. The zero-order valence-corrected chi connectivity index (χ0v) is 9.93. The molecule has 1 aromatic carbocycles. The Hall–Kier alpha value is -1.97. The summed E-state index contributed by atoms with van der Waals surface area (Å²) in [4.78, 5) is 0. The van der Waals surface area contributed by atoms with E-state index < -0.39 is 0 Å². The van der Waals surface area contributed by atoms with E-state index in [0.717, 1.165) is 29.7 Å². The maximum absolute atomic E-state index is 8.53. The van der Waals surface area contributed by atoms with E-state index in [2.05, 4.69) is 5.16 Å². The summed E-state index contributed by atoms with van der Waals surface area (Å²) in [5.74, 6) is 1.46. The highest BCUT2D eigenvalue weighted by Gasteiger charge is 2.14. The number of fused-ring (bicyclic) bond motifs is 1. The normalized spacial score (nSPS) is 14.4. The molecule has 0 bridgehead atoms. The average molecular weight is 233 g/mol. The number of ether oxygens (including phenoxy) is 2. The molecule has 0 aromatic heterocycles. The molecule has 1 aliphatic rings. The number of aryl methyl sites for hydroxylation is 1. The van der Waals surface area contributed by atoms with Gasteiger partial charge in [-0.15, -0.1) is 0 Å². The van der Waals surface area contributed by atoms with Gasteiger partial charge in [-0.2, -0.15) is 0 Å². The molecule has 1 N–H and O–H groups in total. The van der Waals surface area contributed by atoms with Gasteiger partial charge in [0.1, 0.15) is 0 Å². The number of rotatable bonds is 3. The van der Waals surface area contributed by atoms with Gasteiger partial charge < -0.3 is 14.7 Å². The number of allylic oxidation sites excluding steroid dienone is 1. The first kappa shape index (κ1) is 11.5. The third-order valence-corrected chi connectivity index (χ3v) is 2.89. The quantitative estimate of drug-likeness (QED) is 0.495. The largest absolute Gasteiger partial charge is 0.493 e. The minimum Gasteiger partial charge on any atom is -0.493 e. The molecule has 0 amide bonds. The Morgan fingerprint density at radius 1 is 1.18 bits per heavy atom. The van der Waals surface area contributed by atoms with E-state index in [1.807, 2.05) is 18.2 Å². The highest BCUT2D eigenvalue weighted by atomic mass is 16.5. The lowest BCUT2D eigenvalue weighted by Crippen LogP contribution is -2.02. The SMILES string of the molecule is COc1cc2c(cc1OC)CCC(/C=N\O)=C2. The number of methoxy groups -OCH3 is 2. The highest BCUT2D eigenvalue weighted by Crippen LogP contribution is 2.34. The van der Waals surface area contributed by atoms with Gasteiger partial charge in [-0.3, -0.25) is 0 Å². The van der Waals surface area contributed by atoms with Crippen LogP contribution in [0, 0.1) is 0 Å². The molecular weight excluding hydrogens is 218 g/mol. The van der Waals surface area contributed by atoms with Crippen LogP contribution < -0.4 is 9.47 Å². The molecule has 0 radical (unpaired) electrons. The molecule has 1 aromatic rings. The van der Waals surface area contributed by atoms with Crippen molar-refractivity contribution in [3.8, 4) is 11.5 Å². The second-order valence-corrected chi connectivity index (χ2v) is 3.87. The van der Waals surface area contributed by atoms with E-state index in [1.54, 1.807) is 14.2 Å². The maximum atomic E-state index is 8.53. The van der Waals surface area contributed by atoms with Crippen molar-refractivity contribution in [2.75, 3.05) is 14.2 Å². The van der Waals surface area contributed by atoms with E-state index in [-0.39, 0.29) is 0 Å². The highest BCUT2D eigenvalue weighted by molar-refractivity contribution is 5.87. The minimum absolute atomic E-state index is 0.713. The minimum atomic E-state index is 0.713. The number of hydrogen-bond donors (Lipinski definition) is 1. The fourth-order valence-corrected chi connectivity index (χ4v) is 2.01. The molecule has 1 aliphatic carbocycles. The summed E-state index contributed by atoms with van der Waals surface area (Å²) in [7, 11) is 3.25. The molecule has 4 nitrogen and oxygen atoms in total. The van der Waals surface area contributed by atoms with Gasteiger partial charge in [0.25, 0.3) is 0 Å². The summed E-state index contributed by atoms with van der Waals surface area (Å²) in [6.07, 6.45) is 5.25. The molecule has 0 unspecified atom stereocenters. The van der Waals surface area contributed by atoms with Crippen LogP contribution in [0.25, 0.3) is 6.08 Å². The lowest BCUT2D eigenvalue weighted by Gasteiger charge is -2.17. The van der Waals surface area contributed by atoms with Crippen LogP contribution in [0.1, 0.15) is 17.5 Å². The third-order valence-electron chi connectivity index (χ3n) is 2.89. The van der Waals surface area contributed by atoms with Crippen molar-refractivity contribution in [3.63, 3.8) is 0 Å². The molecule has 2 rings (SSSR count). The summed E-state index contributed by atoms with van der Waals surface area (Å²) in [6.45, 7) is 0. The molecular formula is C13H15NO3. The molecule has 90 valence electrons. The molecule has 0 spiro atoms. The van der Waals surface area contributed by atoms with Crippen molar-refractivity contribution in [1.82, 2.24) is 0 Å². The maximum Gasteiger partial charge on any atom is 0.161 e. The van der Waals surface area contributed by atoms with Crippen LogP contribution in [0.4, 0.5) is 0 Å². The Kier molecular flexibility index (Phi) is 3.32. The summed E-state index contributed by atoms with van der Waals surface area (Å²) in [5.41, 5.74) is 3.31.